The minimum atomic E-state index is -0.230. The van der Waals surface area contributed by atoms with Crippen LogP contribution in [0.3, 0.4) is 0 Å². The second kappa shape index (κ2) is 5.27. The van der Waals surface area contributed by atoms with Crippen molar-refractivity contribution in [2.45, 2.75) is 6.92 Å². The highest BCUT2D eigenvalue weighted by Crippen LogP contribution is 2.31. The lowest BCUT2D eigenvalue weighted by molar-refractivity contribution is 0.627. The molecule has 0 spiro atoms. The molecule has 1 aromatic heterocycles. The minimum absolute atomic E-state index is 0.230. The Labute approximate surface area is 108 Å². The van der Waals surface area contributed by atoms with Crippen LogP contribution in [-0.2, 0) is 0 Å². The number of benzene rings is 1. The monoisotopic (exact) mass is 294 g/mol. The molecule has 1 aromatic carbocycles. The molecule has 4 heteroatoms. The second-order valence-corrected chi connectivity index (χ2v) is 4.41. The maximum absolute atomic E-state index is 13.2. The normalized spacial score (nSPS) is 10.3. The molecular formula is C13H12BrFN2. The van der Waals surface area contributed by atoms with Gasteiger partial charge in [0.25, 0.3) is 0 Å². The number of pyridine rings is 1. The summed E-state index contributed by atoms with van der Waals surface area (Å²) in [5.74, 6) is -0.230. The van der Waals surface area contributed by atoms with Crippen LogP contribution in [0, 0.1) is 5.82 Å². The summed E-state index contributed by atoms with van der Waals surface area (Å²) in [5, 5.41) is 0. The molecule has 1 heterocycles. The molecule has 0 bridgehead atoms. The average Bonchev–Trinajstić information content (AvgIpc) is 2.33. The van der Waals surface area contributed by atoms with Crippen LogP contribution in [-0.4, -0.2) is 11.5 Å². The van der Waals surface area contributed by atoms with Crippen molar-refractivity contribution in [3.8, 4) is 0 Å². The molecule has 0 fully saturated rings. The van der Waals surface area contributed by atoms with Crippen LogP contribution < -0.4 is 4.90 Å². The van der Waals surface area contributed by atoms with E-state index in [1.807, 2.05) is 24.0 Å². The Bertz CT molecular complexity index is 516. The fourth-order valence-corrected chi connectivity index (χ4v) is 2.19. The molecule has 2 rings (SSSR count). The Morgan fingerprint density at radius 3 is 2.82 bits per heavy atom. The first kappa shape index (κ1) is 12.0. The molecule has 0 amide bonds. The van der Waals surface area contributed by atoms with E-state index in [9.17, 15) is 4.39 Å². The molecule has 0 unspecified atom stereocenters. The van der Waals surface area contributed by atoms with Crippen LogP contribution in [0.4, 0.5) is 15.8 Å². The van der Waals surface area contributed by atoms with Gasteiger partial charge in [-0.3, -0.25) is 4.98 Å². The third-order valence-electron chi connectivity index (χ3n) is 2.48. The van der Waals surface area contributed by atoms with Crippen LogP contribution >= 0.6 is 15.9 Å². The Morgan fingerprint density at radius 2 is 2.18 bits per heavy atom. The van der Waals surface area contributed by atoms with Crippen molar-refractivity contribution in [3.05, 3.63) is 53.0 Å². The van der Waals surface area contributed by atoms with Gasteiger partial charge in [0.1, 0.15) is 5.82 Å². The highest BCUT2D eigenvalue weighted by Gasteiger charge is 2.10. The lowest BCUT2D eigenvalue weighted by atomic mass is 10.2. The highest BCUT2D eigenvalue weighted by atomic mass is 79.9. The van der Waals surface area contributed by atoms with Crippen molar-refractivity contribution in [1.29, 1.82) is 0 Å². The SMILES string of the molecule is CCN(c1cccc(F)c1)c1ccncc1Br. The van der Waals surface area contributed by atoms with Crippen molar-refractivity contribution >= 4 is 27.3 Å². The number of rotatable bonds is 3. The minimum Gasteiger partial charge on any atom is -0.341 e. The summed E-state index contributed by atoms with van der Waals surface area (Å²) in [4.78, 5) is 6.05. The summed E-state index contributed by atoms with van der Waals surface area (Å²) >= 11 is 3.46. The van der Waals surface area contributed by atoms with Crippen molar-refractivity contribution in [1.82, 2.24) is 4.98 Å². The highest BCUT2D eigenvalue weighted by molar-refractivity contribution is 9.10. The van der Waals surface area contributed by atoms with Crippen molar-refractivity contribution in [2.24, 2.45) is 0 Å². The first-order valence-corrected chi connectivity index (χ1v) is 6.14. The van der Waals surface area contributed by atoms with Gasteiger partial charge in [0.15, 0.2) is 0 Å². The number of hydrogen-bond donors (Lipinski definition) is 0. The van der Waals surface area contributed by atoms with Gasteiger partial charge < -0.3 is 4.90 Å². The van der Waals surface area contributed by atoms with E-state index in [2.05, 4.69) is 20.9 Å². The number of hydrogen-bond acceptors (Lipinski definition) is 2. The average molecular weight is 295 g/mol. The predicted molar refractivity (Wildman–Crippen MR) is 71.0 cm³/mol. The predicted octanol–water partition coefficient (Wildman–Crippen LogP) is 4.14. The number of aromatic nitrogens is 1. The molecule has 0 aliphatic heterocycles. The smallest absolute Gasteiger partial charge is 0.125 e. The van der Waals surface area contributed by atoms with Crippen LogP contribution in [0.1, 0.15) is 6.92 Å². The van der Waals surface area contributed by atoms with Gasteiger partial charge >= 0.3 is 0 Å². The van der Waals surface area contributed by atoms with Crippen LogP contribution in [0.25, 0.3) is 0 Å². The van der Waals surface area contributed by atoms with Gasteiger partial charge in [-0.15, -0.1) is 0 Å². The van der Waals surface area contributed by atoms with Gasteiger partial charge in [0.05, 0.1) is 10.2 Å². The molecule has 0 radical (unpaired) electrons. The number of anilines is 2. The third kappa shape index (κ3) is 2.64. The van der Waals surface area contributed by atoms with Gasteiger partial charge in [-0.1, -0.05) is 6.07 Å². The summed E-state index contributed by atoms with van der Waals surface area (Å²) in [6.45, 7) is 2.78. The molecule has 0 aliphatic rings. The topological polar surface area (TPSA) is 16.1 Å². The van der Waals surface area contributed by atoms with Crippen molar-refractivity contribution in [3.63, 3.8) is 0 Å². The Morgan fingerprint density at radius 1 is 1.35 bits per heavy atom. The second-order valence-electron chi connectivity index (χ2n) is 3.55. The van der Waals surface area contributed by atoms with Gasteiger partial charge in [-0.05, 0) is 47.1 Å². The summed E-state index contributed by atoms with van der Waals surface area (Å²) in [7, 11) is 0. The van der Waals surface area contributed by atoms with E-state index in [-0.39, 0.29) is 5.82 Å². The Hall–Kier alpha value is -1.42. The first-order valence-electron chi connectivity index (χ1n) is 5.35. The molecule has 0 saturated carbocycles. The Balaban J connectivity index is 2.44. The largest absolute Gasteiger partial charge is 0.341 e. The molecule has 2 nitrogen and oxygen atoms in total. The van der Waals surface area contributed by atoms with Crippen LogP contribution in [0.2, 0.25) is 0 Å². The van der Waals surface area contributed by atoms with Crippen molar-refractivity contribution < 1.29 is 4.39 Å². The van der Waals surface area contributed by atoms with Gasteiger partial charge in [-0.25, -0.2) is 4.39 Å². The molecule has 88 valence electrons. The van der Waals surface area contributed by atoms with Gasteiger partial charge in [0, 0.05) is 24.6 Å². The fourth-order valence-electron chi connectivity index (χ4n) is 1.72. The van der Waals surface area contributed by atoms with Gasteiger partial charge in [0.2, 0.25) is 0 Å². The molecule has 2 aromatic rings. The number of halogens is 2. The zero-order valence-electron chi connectivity index (χ0n) is 9.40. The third-order valence-corrected chi connectivity index (χ3v) is 3.09. The summed E-state index contributed by atoms with van der Waals surface area (Å²) in [5.41, 5.74) is 1.81. The van der Waals surface area contributed by atoms with E-state index >= 15 is 0 Å². The van der Waals surface area contributed by atoms with E-state index in [1.165, 1.54) is 12.1 Å². The maximum Gasteiger partial charge on any atom is 0.125 e. The molecule has 17 heavy (non-hydrogen) atoms. The quantitative estimate of drug-likeness (QED) is 0.846. The van der Waals surface area contributed by atoms with E-state index in [0.717, 1.165) is 22.4 Å². The summed E-state index contributed by atoms with van der Waals surface area (Å²) in [6, 6.07) is 8.47. The van der Waals surface area contributed by atoms with Crippen LogP contribution in [0.5, 0.6) is 0 Å². The molecule has 0 saturated heterocycles. The van der Waals surface area contributed by atoms with Gasteiger partial charge in [-0.2, -0.15) is 0 Å². The van der Waals surface area contributed by atoms with Crippen LogP contribution in [0.15, 0.2) is 47.2 Å². The fraction of sp³-hybridized carbons (Fsp3) is 0.154. The summed E-state index contributed by atoms with van der Waals surface area (Å²) < 4.78 is 14.1. The molecule has 0 N–H and O–H groups in total. The van der Waals surface area contributed by atoms with E-state index in [1.54, 1.807) is 18.5 Å². The summed E-state index contributed by atoms with van der Waals surface area (Å²) in [6.07, 6.45) is 3.46. The van der Waals surface area contributed by atoms with E-state index in [0.29, 0.717) is 0 Å². The standard InChI is InChI=1S/C13H12BrFN2/c1-2-17(11-5-3-4-10(15)8-11)13-6-7-16-9-12(13)14/h3-9H,2H2,1H3. The van der Waals surface area contributed by atoms with Crippen molar-refractivity contribution in [2.75, 3.05) is 11.4 Å². The molecular weight excluding hydrogens is 283 g/mol. The Kier molecular flexibility index (Phi) is 3.74. The lowest BCUT2D eigenvalue weighted by Crippen LogP contribution is -2.16. The maximum atomic E-state index is 13.2. The van der Waals surface area contributed by atoms with E-state index < -0.39 is 0 Å². The lowest BCUT2D eigenvalue weighted by Gasteiger charge is -2.24. The molecule has 0 atom stereocenters. The number of nitrogens with zero attached hydrogens (tertiary/aromatic N) is 2. The van der Waals surface area contributed by atoms with E-state index in [4.69, 9.17) is 0 Å². The first-order chi connectivity index (χ1) is 8.22. The molecule has 0 aliphatic carbocycles. The zero-order valence-corrected chi connectivity index (χ0v) is 11.0. The zero-order chi connectivity index (χ0) is 12.3.